The molecule has 0 saturated heterocycles. The monoisotopic (exact) mass is 375 g/mol. The highest BCUT2D eigenvalue weighted by atomic mass is 16.5. The first-order chi connectivity index (χ1) is 13.7. The van der Waals surface area contributed by atoms with Crippen LogP contribution in [0.4, 0.5) is 0 Å². The number of nitriles is 1. The molecule has 0 spiro atoms. The number of nitrogens with one attached hydrogen (secondary N) is 1. The van der Waals surface area contributed by atoms with Gasteiger partial charge in [-0.3, -0.25) is 10.1 Å². The first kappa shape index (κ1) is 17.4. The van der Waals surface area contributed by atoms with E-state index in [1.165, 1.54) is 0 Å². The lowest BCUT2D eigenvalue weighted by Gasteiger charge is -2.24. The second-order valence-corrected chi connectivity index (χ2v) is 6.09. The minimum Gasteiger partial charge on any atom is -0.497 e. The van der Waals surface area contributed by atoms with Crippen LogP contribution in [0.1, 0.15) is 17.0 Å². The molecule has 8 nitrogen and oxygen atoms in total. The number of allylic oxidation sites excluding steroid dienone is 1. The number of aromatic amines is 1. The molecule has 3 aromatic rings. The summed E-state index contributed by atoms with van der Waals surface area (Å²) in [6.07, 6.45) is 3.37. The molecule has 4 rings (SSSR count). The summed E-state index contributed by atoms with van der Waals surface area (Å²) < 4.78 is 16.5. The molecule has 0 radical (unpaired) electrons. The molecule has 2 aromatic heterocycles. The van der Waals surface area contributed by atoms with E-state index in [0.717, 1.165) is 11.1 Å². The Labute approximate surface area is 161 Å². The van der Waals surface area contributed by atoms with Crippen LogP contribution in [0.25, 0.3) is 11.3 Å². The molecular weight excluding hydrogens is 358 g/mol. The predicted octanol–water partition coefficient (Wildman–Crippen LogP) is 2.71. The fraction of sp³-hybridized carbons (Fsp3) is 0.150. The SMILES string of the molecule is COc1ccc(OC)c(-c2[nH]nc3c2C(c2cccnc2)C(C#N)=C(N)O3)c1. The quantitative estimate of drug-likeness (QED) is 0.719. The van der Waals surface area contributed by atoms with Gasteiger partial charge in [0.15, 0.2) is 0 Å². The zero-order valence-corrected chi connectivity index (χ0v) is 15.3. The summed E-state index contributed by atoms with van der Waals surface area (Å²) in [5.74, 6) is 1.14. The number of aromatic nitrogens is 3. The third-order valence-corrected chi connectivity index (χ3v) is 4.63. The maximum Gasteiger partial charge on any atom is 0.244 e. The number of methoxy groups -OCH3 is 2. The summed E-state index contributed by atoms with van der Waals surface area (Å²) in [6.45, 7) is 0. The molecule has 0 fully saturated rings. The van der Waals surface area contributed by atoms with Gasteiger partial charge in [-0.15, -0.1) is 5.10 Å². The maximum atomic E-state index is 9.74. The number of nitrogens with zero attached hydrogens (tertiary/aromatic N) is 3. The zero-order valence-electron chi connectivity index (χ0n) is 15.3. The summed E-state index contributed by atoms with van der Waals surface area (Å²) in [4.78, 5) is 4.19. The van der Waals surface area contributed by atoms with Gasteiger partial charge in [0.05, 0.1) is 31.4 Å². The van der Waals surface area contributed by atoms with Crippen molar-refractivity contribution >= 4 is 0 Å². The molecule has 0 bridgehead atoms. The van der Waals surface area contributed by atoms with Gasteiger partial charge in [-0.05, 0) is 29.8 Å². The van der Waals surface area contributed by atoms with Crippen LogP contribution >= 0.6 is 0 Å². The third kappa shape index (κ3) is 2.70. The number of nitrogens with two attached hydrogens (primary N) is 1. The van der Waals surface area contributed by atoms with E-state index < -0.39 is 5.92 Å². The molecule has 0 amide bonds. The molecule has 1 atom stereocenters. The van der Waals surface area contributed by atoms with Crippen molar-refractivity contribution in [3.8, 4) is 34.7 Å². The number of pyridine rings is 1. The van der Waals surface area contributed by atoms with E-state index in [1.54, 1.807) is 38.7 Å². The van der Waals surface area contributed by atoms with E-state index in [-0.39, 0.29) is 5.88 Å². The Kier molecular flexibility index (Phi) is 4.33. The molecule has 8 heteroatoms. The van der Waals surface area contributed by atoms with Gasteiger partial charge in [0.2, 0.25) is 11.8 Å². The van der Waals surface area contributed by atoms with Crippen LogP contribution in [0.3, 0.4) is 0 Å². The van der Waals surface area contributed by atoms with E-state index in [0.29, 0.717) is 34.2 Å². The van der Waals surface area contributed by atoms with Crippen LogP contribution in [-0.2, 0) is 0 Å². The lowest BCUT2D eigenvalue weighted by atomic mass is 9.83. The van der Waals surface area contributed by atoms with E-state index in [9.17, 15) is 5.26 Å². The number of fused-ring (bicyclic) bond motifs is 1. The maximum absolute atomic E-state index is 9.74. The molecular formula is C20H17N5O3. The van der Waals surface area contributed by atoms with Gasteiger partial charge in [0.1, 0.15) is 23.1 Å². The molecule has 0 aliphatic carbocycles. The highest BCUT2D eigenvalue weighted by Crippen LogP contribution is 2.47. The summed E-state index contributed by atoms with van der Waals surface area (Å²) in [6, 6.07) is 11.3. The van der Waals surface area contributed by atoms with Crippen LogP contribution in [0.15, 0.2) is 54.2 Å². The van der Waals surface area contributed by atoms with E-state index >= 15 is 0 Å². The Morgan fingerprint density at radius 2 is 2.11 bits per heavy atom. The molecule has 1 aromatic carbocycles. The Bertz CT molecular complexity index is 1100. The molecule has 3 heterocycles. The number of rotatable bonds is 4. The zero-order chi connectivity index (χ0) is 19.7. The van der Waals surface area contributed by atoms with Gasteiger partial charge in [0.25, 0.3) is 0 Å². The van der Waals surface area contributed by atoms with Gasteiger partial charge in [-0.25, -0.2) is 0 Å². The Balaban J connectivity index is 1.98. The number of H-pyrrole nitrogens is 1. The molecule has 0 saturated carbocycles. The smallest absolute Gasteiger partial charge is 0.244 e. The normalized spacial score (nSPS) is 15.4. The average molecular weight is 375 g/mol. The van der Waals surface area contributed by atoms with E-state index in [1.807, 2.05) is 18.2 Å². The molecule has 1 aliphatic rings. The van der Waals surface area contributed by atoms with Crippen LogP contribution in [-0.4, -0.2) is 29.4 Å². The van der Waals surface area contributed by atoms with Gasteiger partial charge < -0.3 is 19.9 Å². The predicted molar refractivity (Wildman–Crippen MR) is 101 cm³/mol. The number of ether oxygens (including phenoxy) is 3. The highest BCUT2D eigenvalue weighted by molar-refractivity contribution is 5.76. The molecule has 3 N–H and O–H groups in total. The van der Waals surface area contributed by atoms with Gasteiger partial charge in [-0.1, -0.05) is 6.07 Å². The lowest BCUT2D eigenvalue weighted by Crippen LogP contribution is -2.21. The standard InChI is InChI=1S/C20H17N5O3/c1-26-12-5-6-15(27-2)13(8-12)18-17-16(11-4-3-7-23-10-11)14(9-21)19(22)28-20(17)25-24-18/h3-8,10,16H,22H2,1-2H3,(H,24,25). The Morgan fingerprint density at radius 3 is 2.79 bits per heavy atom. The summed E-state index contributed by atoms with van der Waals surface area (Å²) >= 11 is 0. The fourth-order valence-electron chi connectivity index (χ4n) is 3.34. The van der Waals surface area contributed by atoms with Crippen molar-refractivity contribution in [2.24, 2.45) is 5.73 Å². The Morgan fingerprint density at radius 1 is 1.25 bits per heavy atom. The molecule has 140 valence electrons. The van der Waals surface area contributed by atoms with E-state index in [4.69, 9.17) is 19.9 Å². The minimum absolute atomic E-state index is 0.0273. The van der Waals surface area contributed by atoms with Crippen molar-refractivity contribution < 1.29 is 14.2 Å². The van der Waals surface area contributed by atoms with Crippen LogP contribution < -0.4 is 19.9 Å². The van der Waals surface area contributed by atoms with Gasteiger partial charge in [-0.2, -0.15) is 5.26 Å². The van der Waals surface area contributed by atoms with E-state index in [2.05, 4.69) is 21.3 Å². The van der Waals surface area contributed by atoms with Gasteiger partial charge in [0, 0.05) is 18.0 Å². The summed E-state index contributed by atoms with van der Waals surface area (Å²) in [5, 5.41) is 17.0. The number of benzene rings is 1. The fourth-order valence-corrected chi connectivity index (χ4v) is 3.34. The first-order valence-electron chi connectivity index (χ1n) is 8.46. The van der Waals surface area contributed by atoms with Crippen LogP contribution in [0.2, 0.25) is 0 Å². The number of hydrogen-bond donors (Lipinski definition) is 2. The highest BCUT2D eigenvalue weighted by Gasteiger charge is 2.36. The number of hydrogen-bond acceptors (Lipinski definition) is 7. The topological polar surface area (TPSA) is 119 Å². The average Bonchev–Trinajstić information content (AvgIpc) is 3.15. The summed E-state index contributed by atoms with van der Waals surface area (Å²) in [7, 11) is 3.18. The van der Waals surface area contributed by atoms with Crippen LogP contribution in [0, 0.1) is 11.3 Å². The van der Waals surface area contributed by atoms with Crippen molar-refractivity contribution in [1.29, 1.82) is 5.26 Å². The third-order valence-electron chi connectivity index (χ3n) is 4.63. The van der Waals surface area contributed by atoms with Crippen molar-refractivity contribution in [2.75, 3.05) is 14.2 Å². The molecule has 28 heavy (non-hydrogen) atoms. The minimum atomic E-state index is -0.480. The van der Waals surface area contributed by atoms with Crippen molar-refractivity contribution in [2.45, 2.75) is 5.92 Å². The first-order valence-corrected chi connectivity index (χ1v) is 8.46. The second kappa shape index (κ2) is 6.96. The molecule has 1 aliphatic heterocycles. The summed E-state index contributed by atoms with van der Waals surface area (Å²) in [5.41, 5.74) is 9.16. The van der Waals surface area contributed by atoms with Crippen molar-refractivity contribution in [1.82, 2.24) is 15.2 Å². The molecule has 1 unspecified atom stereocenters. The van der Waals surface area contributed by atoms with Crippen molar-refractivity contribution in [3.05, 3.63) is 65.3 Å². The largest absolute Gasteiger partial charge is 0.497 e. The van der Waals surface area contributed by atoms with Gasteiger partial charge >= 0.3 is 0 Å². The second-order valence-electron chi connectivity index (χ2n) is 6.09. The lowest BCUT2D eigenvalue weighted by molar-refractivity contribution is 0.379. The van der Waals surface area contributed by atoms with Crippen LogP contribution in [0.5, 0.6) is 17.4 Å². The Hall–Kier alpha value is -3.99. The van der Waals surface area contributed by atoms with Crippen molar-refractivity contribution in [3.63, 3.8) is 0 Å².